The quantitative estimate of drug-likeness (QED) is 0.864. The Morgan fingerprint density at radius 1 is 1.19 bits per heavy atom. The molecule has 1 unspecified atom stereocenters. The Balaban J connectivity index is 1.83. The lowest BCUT2D eigenvalue weighted by atomic mass is 10.1. The predicted octanol–water partition coefficient (Wildman–Crippen LogP) is 3.71. The summed E-state index contributed by atoms with van der Waals surface area (Å²) in [6.45, 7) is 3.63. The number of rotatable bonds is 6. The topological polar surface area (TPSA) is 36.4 Å². The number of hydrogen-bond donors (Lipinski definition) is 1. The van der Waals surface area contributed by atoms with E-state index in [2.05, 4.69) is 32.9 Å². The zero-order valence-electron chi connectivity index (χ0n) is 12.5. The Kier molecular flexibility index (Phi) is 5.91. The molecule has 0 saturated carbocycles. The second kappa shape index (κ2) is 7.69. The number of nitrogens with zero attached hydrogens (tertiary/aromatic N) is 2. The van der Waals surface area contributed by atoms with E-state index in [0.29, 0.717) is 6.42 Å². The van der Waals surface area contributed by atoms with Gasteiger partial charge in [-0.05, 0) is 50.2 Å². The largest absolute Gasteiger partial charge is 0.388 e. The third kappa shape index (κ3) is 5.23. The molecule has 21 heavy (non-hydrogen) atoms. The molecule has 2 rings (SSSR count). The van der Waals surface area contributed by atoms with Gasteiger partial charge in [-0.2, -0.15) is 0 Å². The Hall–Kier alpha value is -1.23. The fourth-order valence-electron chi connectivity index (χ4n) is 2.24. The molecule has 2 aromatic rings. The highest BCUT2D eigenvalue weighted by Crippen LogP contribution is 2.19. The summed E-state index contributed by atoms with van der Waals surface area (Å²) in [4.78, 5) is 6.68. The summed E-state index contributed by atoms with van der Waals surface area (Å²) in [6, 6.07) is 13.9. The molecular weight excluding hydrogens is 328 g/mol. The summed E-state index contributed by atoms with van der Waals surface area (Å²) in [7, 11) is 2.05. The Morgan fingerprint density at radius 2 is 1.90 bits per heavy atom. The van der Waals surface area contributed by atoms with E-state index in [9.17, 15) is 5.11 Å². The van der Waals surface area contributed by atoms with Crippen LogP contribution in [-0.2, 0) is 6.54 Å². The molecule has 0 spiro atoms. The molecule has 1 heterocycles. The standard InChI is InChI=1S/C17H21BrN2O/c1-13-4-3-5-16(19-13)12-20(2)11-10-17(21)14-6-8-15(18)9-7-14/h3-9,17,21H,10-12H2,1-2H3. The number of aromatic nitrogens is 1. The first-order chi connectivity index (χ1) is 10.0. The first-order valence-corrected chi connectivity index (χ1v) is 7.88. The van der Waals surface area contributed by atoms with Gasteiger partial charge in [-0.25, -0.2) is 0 Å². The van der Waals surface area contributed by atoms with Crippen molar-refractivity contribution in [1.82, 2.24) is 9.88 Å². The predicted molar refractivity (Wildman–Crippen MR) is 89.0 cm³/mol. The number of aryl methyl sites for hydroxylation is 1. The molecule has 1 aromatic carbocycles. The van der Waals surface area contributed by atoms with Gasteiger partial charge in [-0.3, -0.25) is 4.98 Å². The maximum atomic E-state index is 10.2. The van der Waals surface area contributed by atoms with Crippen molar-refractivity contribution in [3.63, 3.8) is 0 Å². The minimum atomic E-state index is -0.425. The van der Waals surface area contributed by atoms with Gasteiger partial charge in [0.15, 0.2) is 0 Å². The van der Waals surface area contributed by atoms with Crippen LogP contribution in [0.4, 0.5) is 0 Å². The van der Waals surface area contributed by atoms with Crippen molar-refractivity contribution >= 4 is 15.9 Å². The van der Waals surface area contributed by atoms with E-state index in [1.165, 1.54) is 0 Å². The van der Waals surface area contributed by atoms with Crippen LogP contribution >= 0.6 is 15.9 Å². The normalized spacial score (nSPS) is 12.6. The van der Waals surface area contributed by atoms with Crippen LogP contribution in [0, 0.1) is 6.92 Å². The SMILES string of the molecule is Cc1cccc(CN(C)CCC(O)c2ccc(Br)cc2)n1. The minimum Gasteiger partial charge on any atom is -0.388 e. The maximum Gasteiger partial charge on any atom is 0.0802 e. The fraction of sp³-hybridized carbons (Fsp3) is 0.353. The summed E-state index contributed by atoms with van der Waals surface area (Å²) in [5.41, 5.74) is 3.06. The van der Waals surface area contributed by atoms with Crippen LogP contribution in [0.15, 0.2) is 46.9 Å². The molecular formula is C17H21BrN2O. The highest BCUT2D eigenvalue weighted by Gasteiger charge is 2.09. The zero-order chi connectivity index (χ0) is 15.2. The highest BCUT2D eigenvalue weighted by atomic mass is 79.9. The third-order valence-electron chi connectivity index (χ3n) is 3.42. The average molecular weight is 349 g/mol. The smallest absolute Gasteiger partial charge is 0.0802 e. The summed E-state index contributed by atoms with van der Waals surface area (Å²) in [5, 5.41) is 10.2. The number of halogens is 1. The van der Waals surface area contributed by atoms with Crippen LogP contribution in [0.5, 0.6) is 0 Å². The molecule has 112 valence electrons. The van der Waals surface area contributed by atoms with Crippen molar-refractivity contribution in [3.8, 4) is 0 Å². The highest BCUT2D eigenvalue weighted by molar-refractivity contribution is 9.10. The molecule has 1 atom stereocenters. The summed E-state index contributed by atoms with van der Waals surface area (Å²) >= 11 is 3.40. The second-order valence-corrected chi connectivity index (χ2v) is 6.28. The van der Waals surface area contributed by atoms with Crippen LogP contribution < -0.4 is 0 Å². The summed E-state index contributed by atoms with van der Waals surface area (Å²) < 4.78 is 1.03. The van der Waals surface area contributed by atoms with Gasteiger partial charge in [-0.1, -0.05) is 34.1 Å². The van der Waals surface area contributed by atoms with Crippen LogP contribution in [0.1, 0.15) is 29.5 Å². The first-order valence-electron chi connectivity index (χ1n) is 7.09. The van der Waals surface area contributed by atoms with Crippen molar-refractivity contribution < 1.29 is 5.11 Å². The van der Waals surface area contributed by atoms with Crippen molar-refractivity contribution in [2.75, 3.05) is 13.6 Å². The Labute approximate surface area is 134 Å². The fourth-order valence-corrected chi connectivity index (χ4v) is 2.50. The van der Waals surface area contributed by atoms with Gasteiger partial charge in [0.05, 0.1) is 11.8 Å². The monoisotopic (exact) mass is 348 g/mol. The third-order valence-corrected chi connectivity index (χ3v) is 3.95. The molecule has 1 N–H and O–H groups in total. The molecule has 0 aliphatic rings. The Morgan fingerprint density at radius 3 is 2.57 bits per heavy atom. The number of pyridine rings is 1. The van der Waals surface area contributed by atoms with E-state index in [1.54, 1.807) is 0 Å². The van der Waals surface area contributed by atoms with Crippen LogP contribution in [0.3, 0.4) is 0 Å². The van der Waals surface area contributed by atoms with E-state index in [0.717, 1.165) is 34.5 Å². The van der Waals surface area contributed by atoms with Crippen molar-refractivity contribution in [2.45, 2.75) is 26.0 Å². The number of hydrogen-bond acceptors (Lipinski definition) is 3. The van der Waals surface area contributed by atoms with E-state index >= 15 is 0 Å². The van der Waals surface area contributed by atoms with Crippen molar-refractivity contribution in [3.05, 3.63) is 63.9 Å². The Bertz CT molecular complexity index is 571. The van der Waals surface area contributed by atoms with Gasteiger partial charge in [0.1, 0.15) is 0 Å². The van der Waals surface area contributed by atoms with Crippen LogP contribution in [0.25, 0.3) is 0 Å². The molecule has 0 amide bonds. The first kappa shape index (κ1) is 16.1. The molecule has 0 aliphatic carbocycles. The molecule has 4 heteroatoms. The molecule has 0 aliphatic heterocycles. The van der Waals surface area contributed by atoms with Crippen LogP contribution in [0.2, 0.25) is 0 Å². The second-order valence-electron chi connectivity index (χ2n) is 5.36. The molecule has 3 nitrogen and oxygen atoms in total. The number of benzene rings is 1. The van der Waals surface area contributed by atoms with Gasteiger partial charge in [0.2, 0.25) is 0 Å². The van der Waals surface area contributed by atoms with Gasteiger partial charge in [0, 0.05) is 23.3 Å². The number of aliphatic hydroxyl groups excluding tert-OH is 1. The van der Waals surface area contributed by atoms with Gasteiger partial charge in [0.25, 0.3) is 0 Å². The lowest BCUT2D eigenvalue weighted by Crippen LogP contribution is -2.21. The van der Waals surface area contributed by atoms with Crippen LogP contribution in [-0.4, -0.2) is 28.6 Å². The van der Waals surface area contributed by atoms with Crippen molar-refractivity contribution in [1.29, 1.82) is 0 Å². The number of aliphatic hydroxyl groups is 1. The van der Waals surface area contributed by atoms with Crippen molar-refractivity contribution in [2.24, 2.45) is 0 Å². The lowest BCUT2D eigenvalue weighted by molar-refractivity contribution is 0.147. The van der Waals surface area contributed by atoms with E-state index in [1.807, 2.05) is 49.4 Å². The zero-order valence-corrected chi connectivity index (χ0v) is 14.0. The molecule has 0 fully saturated rings. The van der Waals surface area contributed by atoms with Gasteiger partial charge >= 0.3 is 0 Å². The molecule has 1 aromatic heterocycles. The molecule has 0 radical (unpaired) electrons. The average Bonchev–Trinajstić information content (AvgIpc) is 2.45. The minimum absolute atomic E-state index is 0.425. The maximum absolute atomic E-state index is 10.2. The molecule has 0 bridgehead atoms. The molecule has 0 saturated heterocycles. The summed E-state index contributed by atoms with van der Waals surface area (Å²) in [5.74, 6) is 0. The van der Waals surface area contributed by atoms with Gasteiger partial charge in [-0.15, -0.1) is 0 Å². The van der Waals surface area contributed by atoms with E-state index < -0.39 is 6.10 Å². The van der Waals surface area contributed by atoms with Gasteiger partial charge < -0.3 is 10.0 Å². The lowest BCUT2D eigenvalue weighted by Gasteiger charge is -2.19. The summed E-state index contributed by atoms with van der Waals surface area (Å²) in [6.07, 6.45) is 0.287. The van der Waals surface area contributed by atoms with E-state index in [4.69, 9.17) is 0 Å². The van der Waals surface area contributed by atoms with E-state index in [-0.39, 0.29) is 0 Å².